The molecule has 1 aromatic heterocycles. The summed E-state index contributed by atoms with van der Waals surface area (Å²) < 4.78 is 5.42. The molecule has 1 heterocycles. The Kier molecular flexibility index (Phi) is 6.36. The SMILES string of the molecule is CCNCCNC(=O)c1csc(-c2ccc(OCC)cc2)n1. The molecule has 0 spiro atoms. The Balaban J connectivity index is 1.96. The summed E-state index contributed by atoms with van der Waals surface area (Å²) in [6, 6.07) is 7.74. The van der Waals surface area contributed by atoms with Gasteiger partial charge in [-0.1, -0.05) is 6.92 Å². The van der Waals surface area contributed by atoms with Crippen molar-refractivity contribution in [2.24, 2.45) is 0 Å². The van der Waals surface area contributed by atoms with Gasteiger partial charge in [0, 0.05) is 24.0 Å². The minimum Gasteiger partial charge on any atom is -0.494 e. The van der Waals surface area contributed by atoms with Gasteiger partial charge in [-0.15, -0.1) is 11.3 Å². The number of carbonyl (C=O) groups excluding carboxylic acids is 1. The lowest BCUT2D eigenvalue weighted by Gasteiger charge is -2.03. The van der Waals surface area contributed by atoms with Crippen LogP contribution in [0.3, 0.4) is 0 Å². The second-order valence-corrected chi connectivity index (χ2v) is 5.46. The fourth-order valence-electron chi connectivity index (χ4n) is 1.90. The van der Waals surface area contributed by atoms with Gasteiger partial charge in [0.15, 0.2) is 0 Å². The van der Waals surface area contributed by atoms with E-state index < -0.39 is 0 Å². The first-order valence-corrected chi connectivity index (χ1v) is 8.30. The number of benzene rings is 1. The number of carbonyl (C=O) groups is 1. The summed E-state index contributed by atoms with van der Waals surface area (Å²) >= 11 is 1.47. The number of ether oxygens (including phenoxy) is 1. The second-order valence-electron chi connectivity index (χ2n) is 4.60. The van der Waals surface area contributed by atoms with Crippen LogP contribution in [0.25, 0.3) is 10.6 Å². The van der Waals surface area contributed by atoms with E-state index in [2.05, 4.69) is 15.6 Å². The van der Waals surface area contributed by atoms with Crippen molar-refractivity contribution in [1.29, 1.82) is 0 Å². The topological polar surface area (TPSA) is 63.2 Å². The van der Waals surface area contributed by atoms with E-state index >= 15 is 0 Å². The first-order chi connectivity index (χ1) is 10.7. The predicted octanol–water partition coefficient (Wildman–Crippen LogP) is 2.55. The number of rotatable bonds is 8. The van der Waals surface area contributed by atoms with Crippen LogP contribution < -0.4 is 15.4 Å². The van der Waals surface area contributed by atoms with Gasteiger partial charge >= 0.3 is 0 Å². The van der Waals surface area contributed by atoms with Gasteiger partial charge in [0.25, 0.3) is 5.91 Å². The minimum absolute atomic E-state index is 0.133. The fraction of sp³-hybridized carbons (Fsp3) is 0.375. The molecule has 1 amide bonds. The highest BCUT2D eigenvalue weighted by Crippen LogP contribution is 2.25. The van der Waals surface area contributed by atoms with Gasteiger partial charge in [0.05, 0.1) is 6.61 Å². The van der Waals surface area contributed by atoms with Crippen molar-refractivity contribution >= 4 is 17.2 Å². The zero-order valence-corrected chi connectivity index (χ0v) is 13.7. The summed E-state index contributed by atoms with van der Waals surface area (Å²) in [5, 5.41) is 8.62. The van der Waals surface area contributed by atoms with Crippen LogP contribution in [-0.2, 0) is 0 Å². The number of nitrogens with one attached hydrogen (secondary N) is 2. The number of hydrogen-bond acceptors (Lipinski definition) is 5. The molecule has 0 aliphatic heterocycles. The van der Waals surface area contributed by atoms with E-state index in [0.29, 0.717) is 18.8 Å². The third-order valence-corrected chi connectivity index (χ3v) is 3.88. The molecular formula is C16H21N3O2S. The molecule has 0 saturated carbocycles. The Bertz CT molecular complexity index is 596. The highest BCUT2D eigenvalue weighted by atomic mass is 32.1. The van der Waals surface area contributed by atoms with E-state index in [0.717, 1.165) is 29.4 Å². The third-order valence-electron chi connectivity index (χ3n) is 2.99. The molecule has 0 saturated heterocycles. The van der Waals surface area contributed by atoms with Crippen molar-refractivity contribution in [3.8, 4) is 16.3 Å². The smallest absolute Gasteiger partial charge is 0.270 e. The van der Waals surface area contributed by atoms with Crippen molar-refractivity contribution in [3.63, 3.8) is 0 Å². The van der Waals surface area contributed by atoms with Crippen LogP contribution in [0.5, 0.6) is 5.75 Å². The van der Waals surface area contributed by atoms with Gasteiger partial charge in [-0.25, -0.2) is 4.98 Å². The summed E-state index contributed by atoms with van der Waals surface area (Å²) in [4.78, 5) is 16.4. The highest BCUT2D eigenvalue weighted by Gasteiger charge is 2.11. The molecule has 0 fully saturated rings. The number of nitrogens with zero attached hydrogens (tertiary/aromatic N) is 1. The van der Waals surface area contributed by atoms with Gasteiger partial charge in [-0.3, -0.25) is 4.79 Å². The number of amides is 1. The Morgan fingerprint density at radius 3 is 2.68 bits per heavy atom. The lowest BCUT2D eigenvalue weighted by atomic mass is 10.2. The van der Waals surface area contributed by atoms with Crippen molar-refractivity contribution in [2.45, 2.75) is 13.8 Å². The zero-order chi connectivity index (χ0) is 15.8. The zero-order valence-electron chi connectivity index (χ0n) is 12.9. The second kappa shape index (κ2) is 8.51. The molecule has 118 valence electrons. The molecule has 2 aromatic rings. The Morgan fingerprint density at radius 2 is 2.00 bits per heavy atom. The van der Waals surface area contributed by atoms with Crippen LogP contribution in [0, 0.1) is 0 Å². The van der Waals surface area contributed by atoms with E-state index in [1.807, 2.05) is 38.1 Å². The molecule has 0 atom stereocenters. The summed E-state index contributed by atoms with van der Waals surface area (Å²) in [6.45, 7) is 6.89. The number of hydrogen-bond donors (Lipinski definition) is 2. The van der Waals surface area contributed by atoms with Gasteiger partial charge in [0.2, 0.25) is 0 Å². The van der Waals surface area contributed by atoms with Gasteiger partial charge in [-0.05, 0) is 37.7 Å². The van der Waals surface area contributed by atoms with Crippen molar-refractivity contribution in [1.82, 2.24) is 15.6 Å². The Labute approximate surface area is 134 Å². The number of thiazole rings is 1. The van der Waals surface area contributed by atoms with Gasteiger partial charge in [-0.2, -0.15) is 0 Å². The fourth-order valence-corrected chi connectivity index (χ4v) is 2.71. The quantitative estimate of drug-likeness (QED) is 0.734. The van der Waals surface area contributed by atoms with Crippen LogP contribution in [0.2, 0.25) is 0 Å². The van der Waals surface area contributed by atoms with E-state index in [1.165, 1.54) is 11.3 Å². The van der Waals surface area contributed by atoms with Crippen LogP contribution in [-0.4, -0.2) is 37.1 Å². The summed E-state index contributed by atoms with van der Waals surface area (Å²) in [7, 11) is 0. The Morgan fingerprint density at radius 1 is 1.23 bits per heavy atom. The van der Waals surface area contributed by atoms with Gasteiger partial charge < -0.3 is 15.4 Å². The monoisotopic (exact) mass is 319 g/mol. The standard InChI is InChI=1S/C16H21N3O2S/c1-3-17-9-10-18-15(20)14-11-22-16(19-14)12-5-7-13(8-6-12)21-4-2/h5-8,11,17H,3-4,9-10H2,1-2H3,(H,18,20). The normalized spacial score (nSPS) is 10.5. The molecule has 2 N–H and O–H groups in total. The highest BCUT2D eigenvalue weighted by molar-refractivity contribution is 7.13. The average Bonchev–Trinajstić information content (AvgIpc) is 3.02. The largest absolute Gasteiger partial charge is 0.494 e. The van der Waals surface area contributed by atoms with Crippen molar-refractivity contribution in [2.75, 3.05) is 26.2 Å². The molecule has 1 aromatic carbocycles. The molecule has 0 aliphatic rings. The molecule has 0 aliphatic carbocycles. The van der Waals surface area contributed by atoms with E-state index in [1.54, 1.807) is 5.38 Å². The Hall–Kier alpha value is -1.92. The molecule has 0 unspecified atom stereocenters. The lowest BCUT2D eigenvalue weighted by molar-refractivity contribution is 0.0950. The van der Waals surface area contributed by atoms with E-state index in [-0.39, 0.29) is 5.91 Å². The van der Waals surface area contributed by atoms with Gasteiger partial charge in [0.1, 0.15) is 16.5 Å². The van der Waals surface area contributed by atoms with Crippen molar-refractivity contribution in [3.05, 3.63) is 35.3 Å². The van der Waals surface area contributed by atoms with Crippen LogP contribution in [0.15, 0.2) is 29.6 Å². The first-order valence-electron chi connectivity index (χ1n) is 7.42. The molecule has 5 nitrogen and oxygen atoms in total. The molecular weight excluding hydrogens is 298 g/mol. The van der Waals surface area contributed by atoms with Crippen molar-refractivity contribution < 1.29 is 9.53 Å². The molecule has 0 bridgehead atoms. The van der Waals surface area contributed by atoms with Crippen LogP contribution >= 0.6 is 11.3 Å². The van der Waals surface area contributed by atoms with E-state index in [9.17, 15) is 4.79 Å². The molecule has 2 rings (SSSR count). The molecule has 0 radical (unpaired) electrons. The molecule has 6 heteroatoms. The number of aromatic nitrogens is 1. The third kappa shape index (κ3) is 4.54. The van der Waals surface area contributed by atoms with E-state index in [4.69, 9.17) is 4.74 Å². The summed E-state index contributed by atoms with van der Waals surface area (Å²) in [6.07, 6.45) is 0. The number of likely N-dealkylation sites (N-methyl/N-ethyl adjacent to an activating group) is 1. The maximum absolute atomic E-state index is 12.0. The van der Waals surface area contributed by atoms with Crippen LogP contribution in [0.1, 0.15) is 24.3 Å². The summed E-state index contributed by atoms with van der Waals surface area (Å²) in [5.41, 5.74) is 1.45. The maximum Gasteiger partial charge on any atom is 0.270 e. The maximum atomic E-state index is 12.0. The summed E-state index contributed by atoms with van der Waals surface area (Å²) in [5.74, 6) is 0.704. The lowest BCUT2D eigenvalue weighted by Crippen LogP contribution is -2.31. The predicted molar refractivity (Wildman–Crippen MR) is 89.6 cm³/mol. The minimum atomic E-state index is -0.133. The first kappa shape index (κ1) is 16.5. The van der Waals surface area contributed by atoms with Crippen LogP contribution in [0.4, 0.5) is 0 Å². The average molecular weight is 319 g/mol. The molecule has 22 heavy (non-hydrogen) atoms.